The monoisotopic (exact) mass is 437 g/mol. The first-order valence-corrected chi connectivity index (χ1v) is 11.1. The number of halogens is 1. The third-order valence-corrected chi connectivity index (χ3v) is 6.65. The van der Waals surface area contributed by atoms with E-state index >= 15 is 0 Å². The van der Waals surface area contributed by atoms with Gasteiger partial charge in [0.2, 0.25) is 5.78 Å². The number of Topliss-reactive ketones (excluding diaryl/α,β-unsaturated/α-hetero) is 1. The number of carbonyl (C=O) groups is 1. The van der Waals surface area contributed by atoms with Crippen LogP contribution in [0.4, 0.5) is 0 Å². The van der Waals surface area contributed by atoms with Crippen LogP contribution in [0.25, 0.3) is 6.08 Å². The summed E-state index contributed by atoms with van der Waals surface area (Å²) in [5.41, 5.74) is 3.58. The molecule has 0 saturated carbocycles. The van der Waals surface area contributed by atoms with E-state index in [4.69, 9.17) is 21.1 Å². The number of fused-ring (bicyclic) bond motifs is 3. The van der Waals surface area contributed by atoms with E-state index in [1.807, 2.05) is 60.8 Å². The molecular formula is C24H20ClNO3S. The van der Waals surface area contributed by atoms with Crippen LogP contribution in [0.15, 0.2) is 53.6 Å². The molecule has 0 N–H and O–H groups in total. The number of hydrogen-bond acceptors (Lipinski definition) is 5. The van der Waals surface area contributed by atoms with E-state index < -0.39 is 0 Å². The molecule has 0 aliphatic carbocycles. The summed E-state index contributed by atoms with van der Waals surface area (Å²) in [6.45, 7) is 3.91. The van der Waals surface area contributed by atoms with Gasteiger partial charge >= 0.3 is 0 Å². The molecule has 0 radical (unpaired) electrons. The Kier molecular flexibility index (Phi) is 5.11. The van der Waals surface area contributed by atoms with Crippen molar-refractivity contribution in [3.05, 3.63) is 85.8 Å². The fourth-order valence-corrected chi connectivity index (χ4v) is 4.78. The zero-order chi connectivity index (χ0) is 20.7. The normalized spacial score (nSPS) is 16.9. The van der Waals surface area contributed by atoms with Crippen molar-refractivity contribution in [3.8, 4) is 11.5 Å². The van der Waals surface area contributed by atoms with Crippen LogP contribution in [0.5, 0.6) is 11.5 Å². The Labute approximate surface area is 184 Å². The summed E-state index contributed by atoms with van der Waals surface area (Å²) < 4.78 is 12.1. The Bertz CT molecular complexity index is 1150. The fourth-order valence-electron chi connectivity index (χ4n) is 3.90. The molecule has 2 aliphatic rings. The van der Waals surface area contributed by atoms with Gasteiger partial charge in [-0.3, -0.25) is 9.69 Å². The average molecular weight is 438 g/mol. The van der Waals surface area contributed by atoms with Gasteiger partial charge in [0.1, 0.15) is 18.2 Å². The molecule has 0 unspecified atom stereocenters. The van der Waals surface area contributed by atoms with Crippen molar-refractivity contribution in [2.24, 2.45) is 0 Å². The Morgan fingerprint density at radius 3 is 2.90 bits per heavy atom. The fraction of sp³-hybridized carbons (Fsp3) is 0.208. The molecule has 2 aromatic carbocycles. The standard InChI is InChI=1S/C24H20ClNO3S/c1-15-11-20-18(13-26(14-28-20)9-8-16-5-2-3-7-19(16)25)24-22(15)23(27)21(29-24)12-17-6-4-10-30-17/h2-7,10-12H,8-9,13-14H2,1H3/b21-12-. The highest BCUT2D eigenvalue weighted by atomic mass is 35.5. The van der Waals surface area contributed by atoms with Crippen LogP contribution < -0.4 is 9.47 Å². The highest BCUT2D eigenvalue weighted by Crippen LogP contribution is 2.44. The number of ketones is 1. The van der Waals surface area contributed by atoms with Crippen LogP contribution in [-0.2, 0) is 13.0 Å². The molecule has 0 atom stereocenters. The zero-order valence-electron chi connectivity index (χ0n) is 16.5. The van der Waals surface area contributed by atoms with Crippen molar-refractivity contribution >= 4 is 34.8 Å². The van der Waals surface area contributed by atoms with Crippen LogP contribution in [-0.4, -0.2) is 24.0 Å². The highest BCUT2D eigenvalue weighted by Gasteiger charge is 2.35. The minimum atomic E-state index is -0.0631. The topological polar surface area (TPSA) is 38.8 Å². The number of thiophene rings is 1. The number of aryl methyl sites for hydroxylation is 1. The lowest BCUT2D eigenvalue weighted by Crippen LogP contribution is -2.34. The van der Waals surface area contributed by atoms with Gasteiger partial charge in [-0.1, -0.05) is 35.9 Å². The number of carbonyl (C=O) groups excluding carboxylic acids is 1. The predicted octanol–water partition coefficient (Wildman–Crippen LogP) is 5.72. The molecule has 30 heavy (non-hydrogen) atoms. The van der Waals surface area contributed by atoms with Gasteiger partial charge in [-0.2, -0.15) is 0 Å². The van der Waals surface area contributed by atoms with Crippen molar-refractivity contribution in [2.45, 2.75) is 19.9 Å². The summed E-state index contributed by atoms with van der Waals surface area (Å²) in [4.78, 5) is 16.2. The SMILES string of the molecule is Cc1cc2c(c3c1C(=O)/C(=C/c1cccs1)O3)CN(CCc1ccccc1Cl)CO2. The number of rotatable bonds is 4. The maximum atomic E-state index is 13.0. The Morgan fingerprint density at radius 2 is 2.10 bits per heavy atom. The molecule has 0 amide bonds. The quantitative estimate of drug-likeness (QED) is 0.489. The second-order valence-corrected chi connectivity index (χ2v) is 8.88. The first-order chi connectivity index (χ1) is 14.6. The van der Waals surface area contributed by atoms with Crippen LogP contribution in [0.2, 0.25) is 5.02 Å². The summed E-state index contributed by atoms with van der Waals surface area (Å²) in [5.74, 6) is 1.75. The second-order valence-electron chi connectivity index (χ2n) is 7.50. The lowest BCUT2D eigenvalue weighted by Gasteiger charge is -2.30. The molecule has 6 heteroatoms. The van der Waals surface area contributed by atoms with Crippen LogP contribution in [0.1, 0.15) is 31.9 Å². The van der Waals surface area contributed by atoms with Gasteiger partial charge in [0.15, 0.2) is 5.76 Å². The molecule has 152 valence electrons. The van der Waals surface area contributed by atoms with Gasteiger partial charge in [-0.15, -0.1) is 11.3 Å². The van der Waals surface area contributed by atoms with Gasteiger partial charge in [0.05, 0.1) is 11.1 Å². The third kappa shape index (κ3) is 3.54. The van der Waals surface area contributed by atoms with E-state index in [0.717, 1.165) is 45.3 Å². The van der Waals surface area contributed by atoms with E-state index in [1.165, 1.54) is 0 Å². The lowest BCUT2D eigenvalue weighted by molar-refractivity contribution is 0.0949. The number of hydrogen-bond donors (Lipinski definition) is 0. The Balaban J connectivity index is 1.41. The van der Waals surface area contributed by atoms with Crippen molar-refractivity contribution in [1.82, 2.24) is 4.90 Å². The first-order valence-electron chi connectivity index (χ1n) is 9.83. The van der Waals surface area contributed by atoms with Crippen LogP contribution >= 0.6 is 22.9 Å². The summed E-state index contributed by atoms with van der Waals surface area (Å²) in [5, 5.41) is 2.76. The second kappa shape index (κ2) is 7.91. The Hall–Kier alpha value is -2.60. The maximum Gasteiger partial charge on any atom is 0.232 e. The van der Waals surface area contributed by atoms with E-state index in [2.05, 4.69) is 4.90 Å². The van der Waals surface area contributed by atoms with Crippen molar-refractivity contribution in [1.29, 1.82) is 0 Å². The minimum Gasteiger partial charge on any atom is -0.478 e. The Morgan fingerprint density at radius 1 is 1.23 bits per heavy atom. The lowest BCUT2D eigenvalue weighted by atomic mass is 9.98. The van der Waals surface area contributed by atoms with Gasteiger partial charge in [-0.25, -0.2) is 0 Å². The van der Waals surface area contributed by atoms with E-state index in [0.29, 0.717) is 30.3 Å². The van der Waals surface area contributed by atoms with E-state index in [-0.39, 0.29) is 5.78 Å². The van der Waals surface area contributed by atoms with Crippen molar-refractivity contribution < 1.29 is 14.3 Å². The highest BCUT2D eigenvalue weighted by molar-refractivity contribution is 7.10. The van der Waals surface area contributed by atoms with Crippen molar-refractivity contribution in [2.75, 3.05) is 13.3 Å². The number of allylic oxidation sites excluding steroid dienone is 1. The van der Waals surface area contributed by atoms with Gasteiger partial charge in [0, 0.05) is 29.1 Å². The number of benzene rings is 2. The van der Waals surface area contributed by atoms with Crippen molar-refractivity contribution in [3.63, 3.8) is 0 Å². The van der Waals surface area contributed by atoms with Gasteiger partial charge in [0.25, 0.3) is 0 Å². The molecule has 2 aliphatic heterocycles. The van der Waals surface area contributed by atoms with E-state index in [9.17, 15) is 4.79 Å². The van der Waals surface area contributed by atoms with E-state index in [1.54, 1.807) is 11.3 Å². The smallest absolute Gasteiger partial charge is 0.232 e. The van der Waals surface area contributed by atoms with Crippen LogP contribution in [0, 0.1) is 6.92 Å². The minimum absolute atomic E-state index is 0.0631. The number of ether oxygens (including phenoxy) is 2. The molecule has 0 saturated heterocycles. The average Bonchev–Trinajstić information content (AvgIpc) is 3.37. The molecule has 3 heterocycles. The maximum absolute atomic E-state index is 13.0. The zero-order valence-corrected chi connectivity index (χ0v) is 18.1. The molecule has 0 fully saturated rings. The molecule has 5 rings (SSSR count). The van der Waals surface area contributed by atoms with Gasteiger partial charge in [-0.05, 0) is 48.1 Å². The molecular weight excluding hydrogens is 418 g/mol. The third-order valence-electron chi connectivity index (χ3n) is 5.46. The van der Waals surface area contributed by atoms with Gasteiger partial charge < -0.3 is 9.47 Å². The largest absolute Gasteiger partial charge is 0.478 e. The number of nitrogens with zero attached hydrogens (tertiary/aromatic N) is 1. The first kappa shape index (κ1) is 19.4. The molecule has 0 spiro atoms. The summed E-state index contributed by atoms with van der Waals surface area (Å²) in [6.07, 6.45) is 2.65. The molecule has 4 nitrogen and oxygen atoms in total. The molecule has 3 aromatic rings. The summed E-state index contributed by atoms with van der Waals surface area (Å²) in [7, 11) is 0. The summed E-state index contributed by atoms with van der Waals surface area (Å²) >= 11 is 7.87. The predicted molar refractivity (Wildman–Crippen MR) is 119 cm³/mol. The summed E-state index contributed by atoms with van der Waals surface area (Å²) in [6, 6.07) is 13.8. The molecule has 1 aromatic heterocycles. The molecule has 0 bridgehead atoms. The van der Waals surface area contributed by atoms with Crippen LogP contribution in [0.3, 0.4) is 0 Å².